The van der Waals surface area contributed by atoms with Crippen molar-refractivity contribution in [3.05, 3.63) is 12.7 Å². The van der Waals surface area contributed by atoms with Crippen LogP contribution in [0, 0.1) is 0 Å². The third kappa shape index (κ3) is 8.44. The molecule has 0 saturated carbocycles. The van der Waals surface area contributed by atoms with Gasteiger partial charge in [0.1, 0.15) is 0 Å². The Bertz CT molecular complexity index is 204. The molecule has 0 fully saturated rings. The SMILES string of the molecule is C=CCNC(=O)C(C)NCCCCN(C)C. The lowest BCUT2D eigenvalue weighted by Crippen LogP contribution is -2.42. The summed E-state index contributed by atoms with van der Waals surface area (Å²) in [6.45, 7) is 7.95. The Balaban J connectivity index is 3.45. The molecule has 2 N–H and O–H groups in total. The van der Waals surface area contributed by atoms with Crippen molar-refractivity contribution in [3.8, 4) is 0 Å². The van der Waals surface area contributed by atoms with Gasteiger partial charge in [0.05, 0.1) is 6.04 Å². The van der Waals surface area contributed by atoms with Crippen LogP contribution in [0.4, 0.5) is 0 Å². The van der Waals surface area contributed by atoms with Crippen LogP contribution in [0.1, 0.15) is 19.8 Å². The lowest BCUT2D eigenvalue weighted by molar-refractivity contribution is -0.122. The van der Waals surface area contributed by atoms with Gasteiger partial charge >= 0.3 is 0 Å². The molecule has 0 saturated heterocycles. The number of hydrogen-bond acceptors (Lipinski definition) is 3. The number of rotatable bonds is 9. The molecule has 0 aliphatic rings. The average Bonchev–Trinajstić information content (AvgIpc) is 2.24. The van der Waals surface area contributed by atoms with Crippen molar-refractivity contribution in [1.29, 1.82) is 0 Å². The van der Waals surface area contributed by atoms with E-state index < -0.39 is 0 Å². The highest BCUT2D eigenvalue weighted by molar-refractivity contribution is 5.81. The molecule has 0 aromatic heterocycles. The lowest BCUT2D eigenvalue weighted by Gasteiger charge is -2.14. The third-order valence-corrected chi connectivity index (χ3v) is 2.30. The Morgan fingerprint density at radius 1 is 1.44 bits per heavy atom. The average molecular weight is 227 g/mol. The molecule has 4 nitrogen and oxygen atoms in total. The summed E-state index contributed by atoms with van der Waals surface area (Å²) in [6.07, 6.45) is 3.93. The van der Waals surface area contributed by atoms with E-state index in [1.165, 1.54) is 0 Å². The number of carbonyl (C=O) groups is 1. The second-order valence-electron chi connectivity index (χ2n) is 4.22. The summed E-state index contributed by atoms with van der Waals surface area (Å²) in [6, 6.07) is -0.126. The third-order valence-electron chi connectivity index (χ3n) is 2.30. The zero-order chi connectivity index (χ0) is 12.4. The van der Waals surface area contributed by atoms with Gasteiger partial charge in [-0.1, -0.05) is 6.08 Å². The van der Waals surface area contributed by atoms with E-state index >= 15 is 0 Å². The first-order valence-corrected chi connectivity index (χ1v) is 5.84. The molecule has 0 spiro atoms. The molecule has 0 aliphatic carbocycles. The molecule has 0 bridgehead atoms. The van der Waals surface area contributed by atoms with Crippen LogP contribution < -0.4 is 10.6 Å². The maximum atomic E-state index is 11.4. The van der Waals surface area contributed by atoms with E-state index in [0.717, 1.165) is 25.9 Å². The van der Waals surface area contributed by atoms with Crippen LogP contribution in [0.5, 0.6) is 0 Å². The summed E-state index contributed by atoms with van der Waals surface area (Å²) in [5.41, 5.74) is 0. The molecular weight excluding hydrogens is 202 g/mol. The Morgan fingerprint density at radius 2 is 2.12 bits per heavy atom. The number of nitrogens with one attached hydrogen (secondary N) is 2. The molecule has 0 radical (unpaired) electrons. The van der Waals surface area contributed by atoms with Gasteiger partial charge in [-0.05, 0) is 47.0 Å². The number of nitrogens with zero attached hydrogens (tertiary/aromatic N) is 1. The van der Waals surface area contributed by atoms with Crippen molar-refractivity contribution in [3.63, 3.8) is 0 Å². The highest BCUT2D eigenvalue weighted by Crippen LogP contribution is 1.90. The molecule has 1 amide bonds. The Morgan fingerprint density at radius 3 is 2.69 bits per heavy atom. The second kappa shape index (κ2) is 9.36. The maximum absolute atomic E-state index is 11.4. The second-order valence-corrected chi connectivity index (χ2v) is 4.22. The number of carbonyl (C=O) groups excluding carboxylic acids is 1. The van der Waals surface area contributed by atoms with Gasteiger partial charge in [-0.25, -0.2) is 0 Å². The fraction of sp³-hybridized carbons (Fsp3) is 0.750. The first kappa shape index (κ1) is 15.1. The molecule has 0 aromatic rings. The molecule has 0 rings (SSSR count). The zero-order valence-electron chi connectivity index (χ0n) is 10.8. The fourth-order valence-corrected chi connectivity index (χ4v) is 1.29. The van der Waals surface area contributed by atoms with Crippen molar-refractivity contribution >= 4 is 5.91 Å². The van der Waals surface area contributed by atoms with Crippen LogP contribution in [0.3, 0.4) is 0 Å². The molecule has 1 atom stereocenters. The molecule has 0 heterocycles. The topological polar surface area (TPSA) is 44.4 Å². The highest BCUT2D eigenvalue weighted by Gasteiger charge is 2.09. The summed E-state index contributed by atoms with van der Waals surface area (Å²) in [7, 11) is 4.14. The van der Waals surface area contributed by atoms with Gasteiger partial charge in [-0.2, -0.15) is 0 Å². The normalized spacial score (nSPS) is 12.5. The van der Waals surface area contributed by atoms with Crippen LogP contribution in [0.25, 0.3) is 0 Å². The predicted molar refractivity (Wildman–Crippen MR) is 68.5 cm³/mol. The first-order valence-electron chi connectivity index (χ1n) is 5.84. The summed E-state index contributed by atoms with van der Waals surface area (Å²) in [5.74, 6) is 0.0347. The van der Waals surface area contributed by atoms with Crippen molar-refractivity contribution < 1.29 is 4.79 Å². The van der Waals surface area contributed by atoms with E-state index in [-0.39, 0.29) is 11.9 Å². The zero-order valence-corrected chi connectivity index (χ0v) is 10.8. The summed E-state index contributed by atoms with van der Waals surface area (Å²) >= 11 is 0. The van der Waals surface area contributed by atoms with E-state index in [9.17, 15) is 4.79 Å². The van der Waals surface area contributed by atoms with Crippen LogP contribution in [0.15, 0.2) is 12.7 Å². The monoisotopic (exact) mass is 227 g/mol. The molecular formula is C12H25N3O. The van der Waals surface area contributed by atoms with Gasteiger partial charge in [0, 0.05) is 6.54 Å². The van der Waals surface area contributed by atoms with Gasteiger partial charge < -0.3 is 15.5 Å². The molecule has 4 heteroatoms. The van der Waals surface area contributed by atoms with Crippen LogP contribution in [-0.4, -0.2) is 50.6 Å². The summed E-state index contributed by atoms with van der Waals surface area (Å²) in [5, 5.41) is 5.96. The van der Waals surface area contributed by atoms with Crippen LogP contribution in [0.2, 0.25) is 0 Å². The molecule has 16 heavy (non-hydrogen) atoms. The molecule has 1 unspecified atom stereocenters. The standard InChI is InChI=1S/C12H25N3O/c1-5-8-14-12(16)11(2)13-9-6-7-10-15(3)4/h5,11,13H,1,6-10H2,2-4H3,(H,14,16). The highest BCUT2D eigenvalue weighted by atomic mass is 16.2. The van der Waals surface area contributed by atoms with Gasteiger partial charge in [0.25, 0.3) is 0 Å². The van der Waals surface area contributed by atoms with Crippen molar-refractivity contribution in [1.82, 2.24) is 15.5 Å². The minimum Gasteiger partial charge on any atom is -0.351 e. The Kier molecular flexibility index (Phi) is 8.85. The van der Waals surface area contributed by atoms with Gasteiger partial charge in [0.2, 0.25) is 5.91 Å². The van der Waals surface area contributed by atoms with E-state index in [4.69, 9.17) is 0 Å². The summed E-state index contributed by atoms with van der Waals surface area (Å²) in [4.78, 5) is 13.6. The smallest absolute Gasteiger partial charge is 0.237 e. The fourth-order valence-electron chi connectivity index (χ4n) is 1.29. The number of unbranched alkanes of at least 4 members (excludes halogenated alkanes) is 1. The van der Waals surface area contributed by atoms with E-state index in [1.807, 2.05) is 6.92 Å². The minimum atomic E-state index is -0.126. The first-order chi connectivity index (χ1) is 7.57. The summed E-state index contributed by atoms with van der Waals surface area (Å²) < 4.78 is 0. The molecule has 0 aromatic carbocycles. The van der Waals surface area contributed by atoms with Crippen LogP contribution >= 0.6 is 0 Å². The lowest BCUT2D eigenvalue weighted by atomic mass is 10.2. The Hall–Kier alpha value is -0.870. The maximum Gasteiger partial charge on any atom is 0.237 e. The largest absolute Gasteiger partial charge is 0.351 e. The number of hydrogen-bond donors (Lipinski definition) is 2. The number of amides is 1. The van der Waals surface area contributed by atoms with E-state index in [2.05, 4.69) is 36.2 Å². The van der Waals surface area contributed by atoms with E-state index in [1.54, 1.807) is 6.08 Å². The van der Waals surface area contributed by atoms with E-state index in [0.29, 0.717) is 6.54 Å². The van der Waals surface area contributed by atoms with Gasteiger partial charge in [-0.3, -0.25) is 4.79 Å². The quantitative estimate of drug-likeness (QED) is 0.448. The predicted octanol–water partition coefficient (Wildman–Crippen LogP) is 0.609. The molecule has 94 valence electrons. The minimum absolute atomic E-state index is 0.0347. The van der Waals surface area contributed by atoms with Crippen molar-refractivity contribution in [2.75, 3.05) is 33.7 Å². The Labute approximate surface area is 99.1 Å². The van der Waals surface area contributed by atoms with Crippen molar-refractivity contribution in [2.24, 2.45) is 0 Å². The van der Waals surface area contributed by atoms with Gasteiger partial charge in [0.15, 0.2) is 0 Å². The van der Waals surface area contributed by atoms with Crippen molar-refractivity contribution in [2.45, 2.75) is 25.8 Å². The van der Waals surface area contributed by atoms with Crippen LogP contribution in [-0.2, 0) is 4.79 Å². The molecule has 0 aliphatic heterocycles. The van der Waals surface area contributed by atoms with Gasteiger partial charge in [-0.15, -0.1) is 6.58 Å².